The predicted molar refractivity (Wildman–Crippen MR) is 68.8 cm³/mol. The van der Waals surface area contributed by atoms with Crippen molar-refractivity contribution in [3.63, 3.8) is 0 Å². The molecule has 1 N–H and O–H groups in total. The summed E-state index contributed by atoms with van der Waals surface area (Å²) in [4.78, 5) is 11.4. The number of aryl methyl sites for hydroxylation is 2. The fraction of sp³-hybridized carbons (Fsp3) is 0.357. The molecule has 0 radical (unpaired) electrons. The van der Waals surface area contributed by atoms with E-state index in [1.54, 1.807) is 0 Å². The van der Waals surface area contributed by atoms with Crippen LogP contribution in [0.1, 0.15) is 41.4 Å². The Morgan fingerprint density at radius 3 is 2.41 bits per heavy atom. The molecule has 1 aromatic carbocycles. The van der Waals surface area contributed by atoms with Gasteiger partial charge in [-0.3, -0.25) is 0 Å². The van der Waals surface area contributed by atoms with Gasteiger partial charge in [-0.15, -0.1) is 0 Å². The molecule has 0 unspecified atom stereocenters. The van der Waals surface area contributed by atoms with Gasteiger partial charge in [0.15, 0.2) is 0 Å². The van der Waals surface area contributed by atoms with Crippen molar-refractivity contribution in [1.82, 2.24) is 4.57 Å². The fourth-order valence-corrected chi connectivity index (χ4v) is 2.30. The van der Waals surface area contributed by atoms with Crippen molar-refractivity contribution < 1.29 is 9.90 Å². The first-order chi connectivity index (χ1) is 7.93. The van der Waals surface area contributed by atoms with E-state index in [0.29, 0.717) is 5.56 Å². The van der Waals surface area contributed by atoms with Crippen molar-refractivity contribution in [1.29, 1.82) is 0 Å². The highest BCUT2D eigenvalue weighted by Gasteiger charge is 2.18. The third kappa shape index (κ3) is 1.71. The molecule has 0 atom stereocenters. The van der Waals surface area contributed by atoms with Crippen molar-refractivity contribution in [2.75, 3.05) is 0 Å². The molecule has 2 rings (SSSR count). The van der Waals surface area contributed by atoms with Gasteiger partial charge in [0, 0.05) is 17.6 Å². The van der Waals surface area contributed by atoms with Gasteiger partial charge in [0.05, 0.1) is 11.1 Å². The van der Waals surface area contributed by atoms with E-state index in [2.05, 4.69) is 13.8 Å². The Kier molecular flexibility index (Phi) is 2.69. The predicted octanol–water partition coefficient (Wildman–Crippen LogP) is 3.54. The van der Waals surface area contributed by atoms with Crippen LogP contribution in [0, 0.1) is 13.8 Å². The zero-order valence-corrected chi connectivity index (χ0v) is 10.6. The Morgan fingerprint density at radius 2 is 1.88 bits per heavy atom. The largest absolute Gasteiger partial charge is 0.478 e. The quantitative estimate of drug-likeness (QED) is 0.859. The summed E-state index contributed by atoms with van der Waals surface area (Å²) in [6.07, 6.45) is 2.03. The number of hydrogen-bond acceptors (Lipinski definition) is 1. The van der Waals surface area contributed by atoms with Crippen LogP contribution in [0.3, 0.4) is 0 Å². The average molecular weight is 231 g/mol. The van der Waals surface area contributed by atoms with Gasteiger partial charge < -0.3 is 9.67 Å². The topological polar surface area (TPSA) is 42.2 Å². The molecule has 17 heavy (non-hydrogen) atoms. The van der Waals surface area contributed by atoms with Crippen LogP contribution in [0.5, 0.6) is 0 Å². The zero-order chi connectivity index (χ0) is 12.7. The number of aromatic carboxylic acids is 1. The maximum Gasteiger partial charge on any atom is 0.338 e. The lowest BCUT2D eigenvalue weighted by atomic mass is 10.0. The van der Waals surface area contributed by atoms with Crippen LogP contribution in [0.25, 0.3) is 10.9 Å². The number of rotatable bonds is 2. The van der Waals surface area contributed by atoms with E-state index < -0.39 is 5.97 Å². The average Bonchev–Trinajstić information content (AvgIpc) is 2.55. The normalized spacial score (nSPS) is 11.4. The molecule has 0 aliphatic carbocycles. The molecular formula is C14H17NO2. The minimum absolute atomic E-state index is 0.256. The summed E-state index contributed by atoms with van der Waals surface area (Å²) < 4.78 is 2.04. The van der Waals surface area contributed by atoms with Crippen LogP contribution in [-0.4, -0.2) is 15.6 Å². The molecule has 0 fully saturated rings. The molecule has 0 bridgehead atoms. The summed E-state index contributed by atoms with van der Waals surface area (Å²) in [6.45, 7) is 7.98. The van der Waals surface area contributed by atoms with Gasteiger partial charge >= 0.3 is 5.97 Å². The number of fused-ring (bicyclic) bond motifs is 1. The van der Waals surface area contributed by atoms with E-state index >= 15 is 0 Å². The fourth-order valence-electron chi connectivity index (χ4n) is 2.30. The van der Waals surface area contributed by atoms with Gasteiger partial charge in [-0.25, -0.2) is 4.79 Å². The molecule has 0 aliphatic rings. The van der Waals surface area contributed by atoms with Crippen LogP contribution >= 0.6 is 0 Å². The summed E-state index contributed by atoms with van der Waals surface area (Å²) in [5, 5.41) is 10.4. The molecular weight excluding hydrogens is 214 g/mol. The maximum atomic E-state index is 11.4. The lowest BCUT2D eigenvalue weighted by molar-refractivity contribution is 0.0698. The molecule has 1 heterocycles. The third-order valence-corrected chi connectivity index (χ3v) is 3.17. The molecule has 90 valence electrons. The van der Waals surface area contributed by atoms with E-state index in [4.69, 9.17) is 0 Å². The van der Waals surface area contributed by atoms with Gasteiger partial charge in [-0.2, -0.15) is 0 Å². The number of carbonyl (C=O) groups is 1. The number of carboxylic acid groups (broad SMARTS) is 1. The molecule has 1 aromatic heterocycles. The minimum atomic E-state index is -0.854. The van der Waals surface area contributed by atoms with Crippen molar-refractivity contribution >= 4 is 16.9 Å². The van der Waals surface area contributed by atoms with E-state index in [0.717, 1.165) is 22.0 Å². The van der Waals surface area contributed by atoms with Crippen molar-refractivity contribution in [3.8, 4) is 0 Å². The summed E-state index contributed by atoms with van der Waals surface area (Å²) in [7, 11) is 0. The number of carboxylic acids is 1. The van der Waals surface area contributed by atoms with E-state index in [-0.39, 0.29) is 6.04 Å². The molecule has 0 saturated heterocycles. The van der Waals surface area contributed by atoms with Crippen LogP contribution in [-0.2, 0) is 0 Å². The van der Waals surface area contributed by atoms with Gasteiger partial charge in [-0.05, 0) is 38.8 Å². The first-order valence-corrected chi connectivity index (χ1v) is 5.77. The minimum Gasteiger partial charge on any atom is -0.478 e. The molecule has 0 amide bonds. The summed E-state index contributed by atoms with van der Waals surface area (Å²) in [6, 6.07) is 4.14. The Morgan fingerprint density at radius 1 is 1.24 bits per heavy atom. The highest BCUT2D eigenvalue weighted by molar-refractivity contribution is 6.04. The van der Waals surface area contributed by atoms with Gasteiger partial charge in [0.25, 0.3) is 0 Å². The lowest BCUT2D eigenvalue weighted by Crippen LogP contribution is -2.06. The summed E-state index contributed by atoms with van der Waals surface area (Å²) >= 11 is 0. The Labute approximate surface area is 101 Å². The van der Waals surface area contributed by atoms with Gasteiger partial charge in [0.1, 0.15) is 0 Å². The first kappa shape index (κ1) is 11.7. The Hall–Kier alpha value is -1.77. The second-order valence-corrected chi connectivity index (χ2v) is 4.77. The van der Waals surface area contributed by atoms with Crippen LogP contribution in [0.2, 0.25) is 0 Å². The highest BCUT2D eigenvalue weighted by Crippen LogP contribution is 2.29. The van der Waals surface area contributed by atoms with E-state index in [1.807, 2.05) is 36.7 Å². The zero-order valence-electron chi connectivity index (χ0n) is 10.6. The second kappa shape index (κ2) is 3.91. The van der Waals surface area contributed by atoms with Gasteiger partial charge in [0.2, 0.25) is 0 Å². The molecule has 2 aromatic rings. The number of nitrogens with zero attached hydrogens (tertiary/aromatic N) is 1. The lowest BCUT2D eigenvalue weighted by Gasteiger charge is -2.12. The monoisotopic (exact) mass is 231 g/mol. The van der Waals surface area contributed by atoms with E-state index in [1.165, 1.54) is 0 Å². The van der Waals surface area contributed by atoms with Crippen LogP contribution < -0.4 is 0 Å². The van der Waals surface area contributed by atoms with Gasteiger partial charge in [-0.1, -0.05) is 12.1 Å². The highest BCUT2D eigenvalue weighted by atomic mass is 16.4. The third-order valence-electron chi connectivity index (χ3n) is 3.17. The molecule has 0 saturated carbocycles. The standard InChI is InChI=1S/C14H17NO2/c1-8(2)15-7-10(4)11-6-5-9(3)12(13(11)15)14(16)17/h5-8H,1-4H3,(H,16,17). The summed E-state index contributed by atoms with van der Waals surface area (Å²) in [5.41, 5.74) is 3.19. The van der Waals surface area contributed by atoms with E-state index in [9.17, 15) is 9.90 Å². The Balaban J connectivity index is 2.95. The number of aromatic nitrogens is 1. The summed E-state index contributed by atoms with van der Waals surface area (Å²) in [5.74, 6) is -0.854. The first-order valence-electron chi connectivity index (χ1n) is 5.77. The van der Waals surface area contributed by atoms with Crippen LogP contribution in [0.4, 0.5) is 0 Å². The maximum absolute atomic E-state index is 11.4. The Bertz CT molecular complexity index is 594. The molecule has 3 nitrogen and oxygen atoms in total. The van der Waals surface area contributed by atoms with Crippen molar-refractivity contribution in [2.45, 2.75) is 33.7 Å². The molecule has 0 spiro atoms. The smallest absolute Gasteiger partial charge is 0.338 e. The number of hydrogen-bond donors (Lipinski definition) is 1. The molecule has 0 aliphatic heterocycles. The SMILES string of the molecule is Cc1ccc2c(C)cn(C(C)C)c2c1C(=O)O. The number of benzene rings is 1. The van der Waals surface area contributed by atoms with Crippen molar-refractivity contribution in [3.05, 3.63) is 35.0 Å². The second-order valence-electron chi connectivity index (χ2n) is 4.77. The van der Waals surface area contributed by atoms with Crippen LogP contribution in [0.15, 0.2) is 18.3 Å². The van der Waals surface area contributed by atoms with Crippen molar-refractivity contribution in [2.24, 2.45) is 0 Å². The molecule has 3 heteroatoms.